The Kier molecular flexibility index (Phi) is 2.88. The van der Waals surface area contributed by atoms with Gasteiger partial charge in [0.2, 0.25) is 0 Å². The fraction of sp³-hybridized carbons (Fsp3) is 0.200. The van der Waals surface area contributed by atoms with E-state index in [1.54, 1.807) is 37.3 Å². The minimum absolute atomic E-state index is 0.349. The van der Waals surface area contributed by atoms with Crippen LogP contribution in [0.1, 0.15) is 6.92 Å². The van der Waals surface area contributed by atoms with Gasteiger partial charge in [-0.2, -0.15) is 0 Å². The highest BCUT2D eigenvalue weighted by atomic mass is 32.2. The predicted octanol–water partition coefficient (Wildman–Crippen LogP) is 2.03. The summed E-state index contributed by atoms with van der Waals surface area (Å²) in [4.78, 5) is 0.349. The third-order valence-corrected chi connectivity index (χ3v) is 3.99. The molecule has 1 aromatic rings. The maximum Gasteiger partial charge on any atom is 0.184 e. The van der Waals surface area contributed by atoms with E-state index < -0.39 is 15.1 Å². The zero-order valence-electron chi connectivity index (χ0n) is 7.47. The summed E-state index contributed by atoms with van der Waals surface area (Å²) in [7, 11) is -3.21. The third kappa shape index (κ3) is 1.98. The normalized spacial score (nSPS) is 13.6. The summed E-state index contributed by atoms with van der Waals surface area (Å²) in [5, 5.41) is -0.533. The molecule has 0 spiro atoms. The number of benzene rings is 1. The molecule has 0 aromatic heterocycles. The molecule has 0 fully saturated rings. The molecule has 1 rings (SSSR count). The molecule has 2 nitrogen and oxygen atoms in total. The number of rotatable bonds is 3. The highest BCUT2D eigenvalue weighted by molar-refractivity contribution is 7.92. The van der Waals surface area contributed by atoms with Crippen molar-refractivity contribution in [2.75, 3.05) is 0 Å². The molecule has 0 bridgehead atoms. The lowest BCUT2D eigenvalue weighted by Crippen LogP contribution is -2.14. The zero-order valence-corrected chi connectivity index (χ0v) is 8.29. The minimum atomic E-state index is -3.21. The Balaban J connectivity index is 3.16. The van der Waals surface area contributed by atoms with Crippen LogP contribution in [0.2, 0.25) is 0 Å². The molecule has 0 unspecified atom stereocenters. The Labute approximate surface area is 78.8 Å². The van der Waals surface area contributed by atoms with Crippen LogP contribution < -0.4 is 0 Å². The summed E-state index contributed by atoms with van der Waals surface area (Å²) in [6, 6.07) is 8.40. The second-order valence-electron chi connectivity index (χ2n) is 2.80. The largest absolute Gasteiger partial charge is 0.223 e. The smallest absolute Gasteiger partial charge is 0.184 e. The molecule has 3 heteroatoms. The standard InChI is InChI=1S/C10H12O2S/c1-3-9(2)13(11,12)10-7-5-4-6-8-10/h3-9H,1H2,2H3/t9-/m0/s1. The summed E-state index contributed by atoms with van der Waals surface area (Å²) in [6.07, 6.45) is 1.43. The van der Waals surface area contributed by atoms with E-state index in [9.17, 15) is 8.42 Å². The van der Waals surface area contributed by atoms with Gasteiger partial charge in [0.25, 0.3) is 0 Å². The molecule has 0 aliphatic heterocycles. The lowest BCUT2D eigenvalue weighted by atomic mass is 10.4. The van der Waals surface area contributed by atoms with Gasteiger partial charge in [-0.25, -0.2) is 8.42 Å². The summed E-state index contributed by atoms with van der Waals surface area (Å²) >= 11 is 0. The van der Waals surface area contributed by atoms with Crippen LogP contribution in [-0.4, -0.2) is 13.7 Å². The van der Waals surface area contributed by atoms with Crippen LogP contribution in [0.3, 0.4) is 0 Å². The summed E-state index contributed by atoms with van der Waals surface area (Å²) < 4.78 is 23.4. The van der Waals surface area contributed by atoms with Crippen LogP contribution >= 0.6 is 0 Å². The average Bonchev–Trinajstić information content (AvgIpc) is 2.18. The lowest BCUT2D eigenvalue weighted by Gasteiger charge is -2.07. The van der Waals surface area contributed by atoms with E-state index in [-0.39, 0.29) is 0 Å². The summed E-state index contributed by atoms with van der Waals surface area (Å²) in [6.45, 7) is 5.09. The monoisotopic (exact) mass is 196 g/mol. The average molecular weight is 196 g/mol. The number of hydrogen-bond donors (Lipinski definition) is 0. The Morgan fingerprint density at radius 2 is 1.85 bits per heavy atom. The fourth-order valence-corrected chi connectivity index (χ4v) is 2.17. The zero-order chi connectivity index (χ0) is 9.90. The molecule has 0 aliphatic carbocycles. The van der Waals surface area contributed by atoms with Gasteiger partial charge in [0, 0.05) is 0 Å². The van der Waals surface area contributed by atoms with E-state index >= 15 is 0 Å². The SMILES string of the molecule is C=C[C@H](C)S(=O)(=O)c1ccccc1. The maximum atomic E-state index is 11.7. The van der Waals surface area contributed by atoms with Crippen molar-refractivity contribution in [1.82, 2.24) is 0 Å². The highest BCUT2D eigenvalue weighted by Crippen LogP contribution is 2.15. The molecule has 0 heterocycles. The van der Waals surface area contributed by atoms with Crippen molar-refractivity contribution in [3.63, 3.8) is 0 Å². The molecular weight excluding hydrogens is 184 g/mol. The van der Waals surface area contributed by atoms with E-state index in [0.717, 1.165) is 0 Å². The van der Waals surface area contributed by atoms with Crippen LogP contribution in [0.15, 0.2) is 47.9 Å². The van der Waals surface area contributed by atoms with Gasteiger partial charge in [-0.05, 0) is 19.1 Å². The van der Waals surface area contributed by atoms with Crippen LogP contribution in [0, 0.1) is 0 Å². The van der Waals surface area contributed by atoms with Crippen LogP contribution in [-0.2, 0) is 9.84 Å². The lowest BCUT2D eigenvalue weighted by molar-refractivity contribution is 0.591. The van der Waals surface area contributed by atoms with E-state index in [1.807, 2.05) is 0 Å². The summed E-state index contributed by atoms with van der Waals surface area (Å²) in [5.74, 6) is 0. The van der Waals surface area contributed by atoms with Crippen molar-refractivity contribution in [2.45, 2.75) is 17.1 Å². The first kappa shape index (κ1) is 9.99. The van der Waals surface area contributed by atoms with E-state index in [4.69, 9.17) is 0 Å². The molecule has 0 aliphatic rings. The van der Waals surface area contributed by atoms with E-state index in [0.29, 0.717) is 4.90 Å². The first-order valence-corrected chi connectivity index (χ1v) is 5.55. The van der Waals surface area contributed by atoms with Crippen molar-refractivity contribution in [3.8, 4) is 0 Å². The summed E-state index contributed by atoms with van der Waals surface area (Å²) in [5.41, 5.74) is 0. The molecule has 0 saturated carbocycles. The van der Waals surface area contributed by atoms with Gasteiger partial charge < -0.3 is 0 Å². The van der Waals surface area contributed by atoms with Crippen molar-refractivity contribution >= 4 is 9.84 Å². The number of hydrogen-bond acceptors (Lipinski definition) is 2. The predicted molar refractivity (Wildman–Crippen MR) is 53.3 cm³/mol. The first-order valence-electron chi connectivity index (χ1n) is 4.00. The molecular formula is C10H12O2S. The van der Waals surface area contributed by atoms with Crippen molar-refractivity contribution in [3.05, 3.63) is 43.0 Å². The van der Waals surface area contributed by atoms with Gasteiger partial charge >= 0.3 is 0 Å². The molecule has 0 amide bonds. The van der Waals surface area contributed by atoms with E-state index in [2.05, 4.69) is 6.58 Å². The van der Waals surface area contributed by atoms with E-state index in [1.165, 1.54) is 6.08 Å². The van der Waals surface area contributed by atoms with Gasteiger partial charge in [0.15, 0.2) is 9.84 Å². The van der Waals surface area contributed by atoms with Gasteiger partial charge in [-0.15, -0.1) is 6.58 Å². The molecule has 1 atom stereocenters. The second-order valence-corrected chi connectivity index (χ2v) is 5.10. The highest BCUT2D eigenvalue weighted by Gasteiger charge is 2.19. The molecule has 70 valence electrons. The van der Waals surface area contributed by atoms with Gasteiger partial charge in [0.1, 0.15) is 0 Å². The quantitative estimate of drug-likeness (QED) is 0.693. The molecule has 13 heavy (non-hydrogen) atoms. The Bertz CT molecular complexity index is 379. The Morgan fingerprint density at radius 3 is 2.31 bits per heavy atom. The van der Waals surface area contributed by atoms with Crippen molar-refractivity contribution in [1.29, 1.82) is 0 Å². The van der Waals surface area contributed by atoms with Crippen LogP contribution in [0.4, 0.5) is 0 Å². The molecule has 0 N–H and O–H groups in total. The van der Waals surface area contributed by atoms with Crippen molar-refractivity contribution < 1.29 is 8.42 Å². The third-order valence-electron chi connectivity index (χ3n) is 1.89. The Hall–Kier alpha value is -1.09. The van der Waals surface area contributed by atoms with Gasteiger partial charge in [-0.3, -0.25) is 0 Å². The van der Waals surface area contributed by atoms with Crippen LogP contribution in [0.25, 0.3) is 0 Å². The maximum absolute atomic E-state index is 11.7. The Morgan fingerprint density at radius 1 is 1.31 bits per heavy atom. The van der Waals surface area contributed by atoms with Gasteiger partial charge in [-0.1, -0.05) is 24.3 Å². The minimum Gasteiger partial charge on any atom is -0.223 e. The topological polar surface area (TPSA) is 34.1 Å². The molecule has 1 aromatic carbocycles. The van der Waals surface area contributed by atoms with Crippen LogP contribution in [0.5, 0.6) is 0 Å². The van der Waals surface area contributed by atoms with Crippen molar-refractivity contribution in [2.24, 2.45) is 0 Å². The second kappa shape index (κ2) is 3.75. The fourth-order valence-electron chi connectivity index (χ4n) is 0.952. The molecule has 0 saturated heterocycles. The number of sulfone groups is 1. The first-order chi connectivity index (χ1) is 6.09. The van der Waals surface area contributed by atoms with Gasteiger partial charge in [0.05, 0.1) is 10.1 Å². The molecule has 0 radical (unpaired) electrons.